The first-order valence-electron chi connectivity index (χ1n) is 7.02. The van der Waals surface area contributed by atoms with Crippen LogP contribution in [0, 0.1) is 6.92 Å². The van der Waals surface area contributed by atoms with Crippen LogP contribution in [0.25, 0.3) is 0 Å². The number of carbonyl (C=O) groups excluding carboxylic acids is 1. The van der Waals surface area contributed by atoms with Gasteiger partial charge >= 0.3 is 0 Å². The summed E-state index contributed by atoms with van der Waals surface area (Å²) in [6.07, 6.45) is 2.76. The molecule has 1 N–H and O–H groups in total. The van der Waals surface area contributed by atoms with Crippen LogP contribution in [0.3, 0.4) is 0 Å². The third kappa shape index (κ3) is 4.94. The lowest BCUT2D eigenvalue weighted by atomic mass is 10.2. The van der Waals surface area contributed by atoms with Crippen LogP contribution < -0.4 is 10.1 Å². The smallest absolute Gasteiger partial charge is 0.254 e. The van der Waals surface area contributed by atoms with Gasteiger partial charge in [-0.1, -0.05) is 0 Å². The predicted molar refractivity (Wildman–Crippen MR) is 76.0 cm³/mol. The lowest BCUT2D eigenvalue weighted by Crippen LogP contribution is -2.27. The molecule has 0 aromatic carbocycles. The summed E-state index contributed by atoms with van der Waals surface area (Å²) in [5, 5.41) is 10.8. The topological polar surface area (TPSA) is 82.2 Å². The van der Waals surface area contributed by atoms with E-state index in [0.717, 1.165) is 5.69 Å². The van der Waals surface area contributed by atoms with Gasteiger partial charge in [-0.3, -0.25) is 9.48 Å². The monoisotopic (exact) mass is 292 g/mol. The highest BCUT2D eigenvalue weighted by Crippen LogP contribution is 2.12. The van der Waals surface area contributed by atoms with Crippen molar-refractivity contribution >= 4 is 5.91 Å². The van der Waals surface area contributed by atoms with Gasteiger partial charge in [0.1, 0.15) is 5.76 Å². The minimum absolute atomic E-state index is 0.0202. The molecule has 0 spiro atoms. The van der Waals surface area contributed by atoms with Crippen molar-refractivity contribution in [2.45, 2.75) is 33.2 Å². The number of nitrogens with one attached hydrogen (secondary N) is 1. The molecule has 0 atom stereocenters. The first kappa shape index (κ1) is 15.1. The molecule has 1 amide bonds. The zero-order valence-corrected chi connectivity index (χ0v) is 12.3. The van der Waals surface area contributed by atoms with E-state index < -0.39 is 0 Å². The molecule has 0 saturated heterocycles. The van der Waals surface area contributed by atoms with Gasteiger partial charge < -0.3 is 14.6 Å². The number of nitrogens with zero attached hydrogens (tertiary/aromatic N) is 3. The van der Waals surface area contributed by atoms with Crippen LogP contribution in [0.2, 0.25) is 0 Å². The number of aryl methyl sites for hydroxylation is 2. The van der Waals surface area contributed by atoms with Crippen LogP contribution in [0.1, 0.15) is 24.8 Å². The van der Waals surface area contributed by atoms with Crippen molar-refractivity contribution in [3.05, 3.63) is 29.8 Å². The lowest BCUT2D eigenvalue weighted by Gasteiger charge is -2.04. The van der Waals surface area contributed by atoms with E-state index in [-0.39, 0.29) is 5.91 Å². The summed E-state index contributed by atoms with van der Waals surface area (Å²) in [5.41, 5.74) is 0.969. The van der Waals surface area contributed by atoms with Gasteiger partial charge in [-0.05, 0) is 25.1 Å². The van der Waals surface area contributed by atoms with Gasteiger partial charge in [0, 0.05) is 31.6 Å². The van der Waals surface area contributed by atoms with Crippen LogP contribution >= 0.6 is 0 Å². The Morgan fingerprint density at radius 3 is 3.10 bits per heavy atom. The third-order valence-corrected chi connectivity index (χ3v) is 2.87. The van der Waals surface area contributed by atoms with Crippen LogP contribution in [-0.4, -0.2) is 34.0 Å². The number of aromatic nitrogens is 3. The van der Waals surface area contributed by atoms with Gasteiger partial charge in [-0.2, -0.15) is 5.10 Å². The standard InChI is InChI=1S/C14H20N4O3/c1-3-20-14-10-12(21-17-14)4-5-13(19)15-7-9-18-8-6-11(2)16-18/h6,8,10H,3-5,7,9H2,1-2H3,(H,15,19). The molecule has 0 fully saturated rings. The highest BCUT2D eigenvalue weighted by atomic mass is 16.5. The van der Waals surface area contributed by atoms with E-state index in [1.54, 1.807) is 10.7 Å². The maximum atomic E-state index is 11.7. The average molecular weight is 292 g/mol. The molecule has 0 aliphatic rings. The minimum Gasteiger partial charge on any atom is -0.476 e. The SMILES string of the molecule is CCOc1cc(CCC(=O)NCCn2ccc(C)n2)on1. The normalized spacial score (nSPS) is 10.6. The van der Waals surface area contributed by atoms with E-state index in [9.17, 15) is 4.79 Å². The van der Waals surface area contributed by atoms with Crippen molar-refractivity contribution in [3.63, 3.8) is 0 Å². The van der Waals surface area contributed by atoms with Crippen molar-refractivity contribution < 1.29 is 14.1 Å². The maximum Gasteiger partial charge on any atom is 0.254 e. The van der Waals surface area contributed by atoms with Crippen molar-refractivity contribution in [1.29, 1.82) is 0 Å². The molecule has 2 rings (SSSR count). The Morgan fingerprint density at radius 2 is 2.38 bits per heavy atom. The Balaban J connectivity index is 1.64. The van der Waals surface area contributed by atoms with Crippen LogP contribution in [0.4, 0.5) is 0 Å². The molecule has 0 aliphatic heterocycles. The zero-order chi connectivity index (χ0) is 15.1. The average Bonchev–Trinajstić information content (AvgIpc) is 3.06. The van der Waals surface area contributed by atoms with E-state index >= 15 is 0 Å². The molecule has 2 aromatic rings. The molecule has 2 heterocycles. The Bertz CT molecular complexity index is 576. The summed E-state index contributed by atoms with van der Waals surface area (Å²) in [4.78, 5) is 11.7. The summed E-state index contributed by atoms with van der Waals surface area (Å²) in [7, 11) is 0. The molecular formula is C14H20N4O3. The Labute approximate surface area is 123 Å². The summed E-state index contributed by atoms with van der Waals surface area (Å²) in [5.74, 6) is 1.09. The number of amides is 1. The van der Waals surface area contributed by atoms with E-state index in [0.29, 0.717) is 44.2 Å². The van der Waals surface area contributed by atoms with Crippen LogP contribution in [-0.2, 0) is 17.8 Å². The molecule has 0 unspecified atom stereocenters. The first-order valence-corrected chi connectivity index (χ1v) is 7.02. The van der Waals surface area contributed by atoms with E-state index in [2.05, 4.69) is 15.6 Å². The molecule has 0 aliphatic carbocycles. The Kier molecular flexibility index (Phi) is 5.36. The highest BCUT2D eigenvalue weighted by molar-refractivity contribution is 5.76. The second-order valence-electron chi connectivity index (χ2n) is 4.63. The number of carbonyl (C=O) groups is 1. The van der Waals surface area contributed by atoms with Gasteiger partial charge in [-0.25, -0.2) is 0 Å². The minimum atomic E-state index is -0.0202. The van der Waals surface area contributed by atoms with E-state index in [1.807, 2.05) is 26.1 Å². The van der Waals surface area contributed by atoms with Crippen molar-refractivity contribution in [1.82, 2.24) is 20.3 Å². The van der Waals surface area contributed by atoms with Gasteiger partial charge in [0.15, 0.2) is 0 Å². The highest BCUT2D eigenvalue weighted by Gasteiger charge is 2.07. The van der Waals surface area contributed by atoms with Gasteiger partial charge in [0.05, 0.1) is 18.8 Å². The van der Waals surface area contributed by atoms with Gasteiger partial charge in [-0.15, -0.1) is 0 Å². The maximum absolute atomic E-state index is 11.7. The molecular weight excluding hydrogens is 272 g/mol. The molecule has 7 nitrogen and oxygen atoms in total. The van der Waals surface area contributed by atoms with E-state index in [1.165, 1.54) is 0 Å². The fourth-order valence-electron chi connectivity index (χ4n) is 1.85. The number of rotatable bonds is 8. The van der Waals surface area contributed by atoms with Crippen LogP contribution in [0.15, 0.2) is 22.9 Å². The number of ether oxygens (including phenoxy) is 1. The predicted octanol–water partition coefficient (Wildman–Crippen LogP) is 1.33. The Hall–Kier alpha value is -2.31. The van der Waals surface area contributed by atoms with Crippen LogP contribution in [0.5, 0.6) is 5.88 Å². The fraction of sp³-hybridized carbons (Fsp3) is 0.500. The molecule has 0 bridgehead atoms. The molecule has 21 heavy (non-hydrogen) atoms. The van der Waals surface area contributed by atoms with E-state index in [4.69, 9.17) is 9.26 Å². The Morgan fingerprint density at radius 1 is 1.52 bits per heavy atom. The fourth-order valence-corrected chi connectivity index (χ4v) is 1.85. The van der Waals surface area contributed by atoms with Crippen molar-refractivity contribution in [2.75, 3.05) is 13.2 Å². The zero-order valence-electron chi connectivity index (χ0n) is 12.3. The first-order chi connectivity index (χ1) is 10.2. The number of hydrogen-bond donors (Lipinski definition) is 1. The molecule has 114 valence electrons. The van der Waals surface area contributed by atoms with Crippen molar-refractivity contribution in [2.24, 2.45) is 0 Å². The lowest BCUT2D eigenvalue weighted by molar-refractivity contribution is -0.121. The summed E-state index contributed by atoms with van der Waals surface area (Å²) >= 11 is 0. The van der Waals surface area contributed by atoms with Gasteiger partial charge in [0.2, 0.25) is 5.91 Å². The molecule has 2 aromatic heterocycles. The summed E-state index contributed by atoms with van der Waals surface area (Å²) in [6, 6.07) is 3.64. The molecule has 7 heteroatoms. The summed E-state index contributed by atoms with van der Waals surface area (Å²) in [6.45, 7) is 5.57. The quantitative estimate of drug-likeness (QED) is 0.793. The third-order valence-electron chi connectivity index (χ3n) is 2.87. The second-order valence-corrected chi connectivity index (χ2v) is 4.63. The van der Waals surface area contributed by atoms with Gasteiger partial charge in [0.25, 0.3) is 5.88 Å². The van der Waals surface area contributed by atoms with Crippen molar-refractivity contribution in [3.8, 4) is 5.88 Å². The largest absolute Gasteiger partial charge is 0.476 e. The molecule has 0 radical (unpaired) electrons. The second kappa shape index (κ2) is 7.47. The molecule has 0 saturated carbocycles. The number of hydrogen-bond acceptors (Lipinski definition) is 5. The summed E-state index contributed by atoms with van der Waals surface area (Å²) < 4.78 is 12.1.